The van der Waals surface area contributed by atoms with E-state index in [1.165, 1.54) is 12.8 Å². The summed E-state index contributed by atoms with van der Waals surface area (Å²) < 4.78 is 0. The molecular weight excluding hydrogens is 200 g/mol. The molecule has 0 atom stereocenters. The van der Waals surface area contributed by atoms with Gasteiger partial charge in [0.05, 0.1) is 0 Å². The zero-order chi connectivity index (χ0) is 12.0. The molecule has 0 aliphatic rings. The molecular formula is C12H18N4. The third-order valence-electron chi connectivity index (χ3n) is 2.40. The Balaban J connectivity index is 2.71. The summed E-state index contributed by atoms with van der Waals surface area (Å²) in [6.45, 7) is 4.99. The van der Waals surface area contributed by atoms with Crippen LogP contribution in [0.4, 0.5) is 5.95 Å². The van der Waals surface area contributed by atoms with Crippen LogP contribution in [-0.4, -0.2) is 23.6 Å². The topological polar surface area (TPSA) is 52.8 Å². The third-order valence-corrected chi connectivity index (χ3v) is 2.40. The van der Waals surface area contributed by atoms with Crippen LogP contribution in [0, 0.1) is 18.3 Å². The number of nitrogens with zero attached hydrogens (tertiary/aromatic N) is 4. The molecule has 0 unspecified atom stereocenters. The highest BCUT2D eigenvalue weighted by Crippen LogP contribution is 2.09. The van der Waals surface area contributed by atoms with Crippen molar-refractivity contribution in [3.05, 3.63) is 17.5 Å². The molecule has 0 amide bonds. The quantitative estimate of drug-likeness (QED) is 0.711. The number of unbranched alkanes of at least 4 members (excludes halogenated alkanes) is 2. The van der Waals surface area contributed by atoms with Crippen LogP contribution in [-0.2, 0) is 0 Å². The number of aromatic nitrogens is 2. The number of anilines is 1. The van der Waals surface area contributed by atoms with Crippen molar-refractivity contribution in [1.82, 2.24) is 9.97 Å². The predicted molar refractivity (Wildman–Crippen MR) is 64.3 cm³/mol. The molecule has 0 N–H and O–H groups in total. The molecule has 16 heavy (non-hydrogen) atoms. The maximum absolute atomic E-state index is 8.82. The summed E-state index contributed by atoms with van der Waals surface area (Å²) in [6.07, 6.45) is 3.54. The Morgan fingerprint density at radius 3 is 2.75 bits per heavy atom. The van der Waals surface area contributed by atoms with Crippen molar-refractivity contribution in [2.45, 2.75) is 33.1 Å². The lowest BCUT2D eigenvalue weighted by molar-refractivity contribution is 0.695. The van der Waals surface area contributed by atoms with Crippen molar-refractivity contribution in [3.63, 3.8) is 0 Å². The van der Waals surface area contributed by atoms with Crippen molar-refractivity contribution in [2.75, 3.05) is 18.5 Å². The largest absolute Gasteiger partial charge is 0.344 e. The molecule has 0 saturated carbocycles. The fourth-order valence-electron chi connectivity index (χ4n) is 1.48. The van der Waals surface area contributed by atoms with Gasteiger partial charge in [-0.2, -0.15) is 5.26 Å². The van der Waals surface area contributed by atoms with Gasteiger partial charge in [-0.05, 0) is 19.4 Å². The average molecular weight is 218 g/mol. The van der Waals surface area contributed by atoms with Gasteiger partial charge in [0.15, 0.2) is 0 Å². The van der Waals surface area contributed by atoms with Gasteiger partial charge in [-0.25, -0.2) is 9.97 Å². The Hall–Kier alpha value is -1.63. The first-order chi connectivity index (χ1) is 7.67. The molecule has 1 rings (SSSR count). The minimum atomic E-state index is 0.435. The average Bonchev–Trinajstić information content (AvgIpc) is 2.28. The van der Waals surface area contributed by atoms with Crippen LogP contribution in [0.1, 0.15) is 37.6 Å². The van der Waals surface area contributed by atoms with Crippen LogP contribution < -0.4 is 4.90 Å². The van der Waals surface area contributed by atoms with Crippen LogP contribution in [0.15, 0.2) is 6.07 Å². The summed E-state index contributed by atoms with van der Waals surface area (Å²) in [5.41, 5.74) is 1.27. The maximum atomic E-state index is 8.82. The second-order valence-corrected chi connectivity index (χ2v) is 3.94. The van der Waals surface area contributed by atoms with E-state index in [-0.39, 0.29) is 0 Å². The highest BCUT2D eigenvalue weighted by molar-refractivity contribution is 5.34. The van der Waals surface area contributed by atoms with Crippen molar-refractivity contribution in [1.29, 1.82) is 5.26 Å². The molecule has 4 heteroatoms. The second-order valence-electron chi connectivity index (χ2n) is 3.94. The van der Waals surface area contributed by atoms with E-state index in [1.807, 2.05) is 18.9 Å². The van der Waals surface area contributed by atoms with Crippen LogP contribution >= 0.6 is 0 Å². The van der Waals surface area contributed by atoms with E-state index in [0.29, 0.717) is 11.6 Å². The molecule has 0 aliphatic heterocycles. The first kappa shape index (κ1) is 12.4. The zero-order valence-electron chi connectivity index (χ0n) is 10.2. The van der Waals surface area contributed by atoms with E-state index in [1.54, 1.807) is 6.07 Å². The van der Waals surface area contributed by atoms with Gasteiger partial charge in [-0.15, -0.1) is 0 Å². The number of hydrogen-bond acceptors (Lipinski definition) is 4. The number of hydrogen-bond donors (Lipinski definition) is 0. The molecule has 0 aromatic carbocycles. The van der Waals surface area contributed by atoms with Crippen LogP contribution in [0.2, 0.25) is 0 Å². The molecule has 1 aromatic rings. The summed E-state index contributed by atoms with van der Waals surface area (Å²) in [5.74, 6) is 0.646. The van der Waals surface area contributed by atoms with Gasteiger partial charge >= 0.3 is 0 Å². The van der Waals surface area contributed by atoms with Gasteiger partial charge in [0.1, 0.15) is 11.8 Å². The molecule has 0 aliphatic carbocycles. The normalized spacial score (nSPS) is 9.88. The molecule has 1 aromatic heterocycles. The SMILES string of the molecule is CCCCCN(C)c1nc(C)cc(C#N)n1. The molecule has 86 valence electrons. The molecule has 1 heterocycles. The van der Waals surface area contributed by atoms with Crippen LogP contribution in [0.25, 0.3) is 0 Å². The lowest BCUT2D eigenvalue weighted by atomic mass is 10.2. The zero-order valence-corrected chi connectivity index (χ0v) is 10.2. The van der Waals surface area contributed by atoms with Crippen LogP contribution in [0.5, 0.6) is 0 Å². The van der Waals surface area contributed by atoms with Crippen molar-refractivity contribution in [3.8, 4) is 6.07 Å². The summed E-state index contributed by atoms with van der Waals surface area (Å²) in [4.78, 5) is 10.5. The Kier molecular flexibility index (Phi) is 4.71. The Morgan fingerprint density at radius 2 is 2.12 bits per heavy atom. The van der Waals surface area contributed by atoms with Gasteiger partial charge < -0.3 is 4.90 Å². The molecule has 0 spiro atoms. The Bertz CT molecular complexity index is 381. The van der Waals surface area contributed by atoms with Crippen molar-refractivity contribution >= 4 is 5.95 Å². The smallest absolute Gasteiger partial charge is 0.226 e. The first-order valence-electron chi connectivity index (χ1n) is 5.64. The fraction of sp³-hybridized carbons (Fsp3) is 0.583. The molecule has 0 fully saturated rings. The molecule has 0 radical (unpaired) electrons. The standard InChI is InChI=1S/C12H18N4/c1-4-5-6-7-16(3)12-14-10(2)8-11(9-13)15-12/h8H,4-7H2,1-3H3. The van der Waals surface area contributed by atoms with Gasteiger partial charge in [0.25, 0.3) is 0 Å². The van der Waals surface area contributed by atoms with Crippen molar-refractivity contribution < 1.29 is 0 Å². The summed E-state index contributed by atoms with van der Waals surface area (Å²) in [6, 6.07) is 3.75. The lowest BCUT2D eigenvalue weighted by Gasteiger charge is -2.17. The van der Waals surface area contributed by atoms with Crippen molar-refractivity contribution in [2.24, 2.45) is 0 Å². The van der Waals surface area contributed by atoms with E-state index in [0.717, 1.165) is 18.7 Å². The van der Waals surface area contributed by atoms with E-state index in [9.17, 15) is 0 Å². The number of nitriles is 1. The Morgan fingerprint density at radius 1 is 1.38 bits per heavy atom. The number of rotatable bonds is 5. The van der Waals surface area contributed by atoms with E-state index in [2.05, 4.69) is 23.0 Å². The van der Waals surface area contributed by atoms with Gasteiger partial charge in [-0.3, -0.25) is 0 Å². The monoisotopic (exact) mass is 218 g/mol. The van der Waals surface area contributed by atoms with E-state index < -0.39 is 0 Å². The van der Waals surface area contributed by atoms with Gasteiger partial charge in [-0.1, -0.05) is 19.8 Å². The predicted octanol–water partition coefficient (Wildman–Crippen LogP) is 2.28. The second kappa shape index (κ2) is 6.06. The highest BCUT2D eigenvalue weighted by atomic mass is 15.2. The van der Waals surface area contributed by atoms with E-state index >= 15 is 0 Å². The van der Waals surface area contributed by atoms with E-state index in [4.69, 9.17) is 5.26 Å². The molecule has 4 nitrogen and oxygen atoms in total. The fourth-order valence-corrected chi connectivity index (χ4v) is 1.48. The van der Waals surface area contributed by atoms with Gasteiger partial charge in [0.2, 0.25) is 5.95 Å². The minimum absolute atomic E-state index is 0.435. The highest BCUT2D eigenvalue weighted by Gasteiger charge is 2.06. The number of aryl methyl sites for hydroxylation is 1. The molecule has 0 saturated heterocycles. The summed E-state index contributed by atoms with van der Waals surface area (Å²) in [7, 11) is 1.96. The third kappa shape index (κ3) is 3.50. The molecule has 0 bridgehead atoms. The van der Waals surface area contributed by atoms with Gasteiger partial charge in [0, 0.05) is 19.3 Å². The maximum Gasteiger partial charge on any atom is 0.226 e. The lowest BCUT2D eigenvalue weighted by Crippen LogP contribution is -2.21. The van der Waals surface area contributed by atoms with Crippen LogP contribution in [0.3, 0.4) is 0 Å². The summed E-state index contributed by atoms with van der Waals surface area (Å²) in [5, 5.41) is 8.82. The summed E-state index contributed by atoms with van der Waals surface area (Å²) >= 11 is 0. The Labute approximate surface area is 96.9 Å². The first-order valence-corrected chi connectivity index (χ1v) is 5.64. The minimum Gasteiger partial charge on any atom is -0.344 e.